The van der Waals surface area contributed by atoms with Crippen molar-refractivity contribution in [3.8, 4) is 11.5 Å². The minimum Gasteiger partial charge on any atom is -0.456 e. The van der Waals surface area contributed by atoms with Crippen molar-refractivity contribution >= 4 is 5.57 Å². The third-order valence-corrected chi connectivity index (χ3v) is 3.03. The van der Waals surface area contributed by atoms with Gasteiger partial charge in [-0.1, -0.05) is 42.0 Å². The number of ether oxygens (including phenoxy) is 1. The van der Waals surface area contributed by atoms with E-state index in [1.54, 1.807) is 0 Å². The lowest BCUT2D eigenvalue weighted by molar-refractivity contribution is 0.474. The number of fused-ring (bicyclic) bond motifs is 2. The fourth-order valence-electron chi connectivity index (χ4n) is 2.33. The van der Waals surface area contributed by atoms with Crippen LogP contribution in [0.4, 0.5) is 0 Å². The Balaban J connectivity index is 2.33. The number of benzene rings is 2. The number of rotatable bonds is 0. The Bertz CT molecular complexity index is 557. The predicted molar refractivity (Wildman–Crippen MR) is 70.3 cm³/mol. The van der Waals surface area contributed by atoms with Gasteiger partial charge >= 0.3 is 0 Å². The Hall–Kier alpha value is -2.02. The summed E-state index contributed by atoms with van der Waals surface area (Å²) in [5, 5.41) is 0. The van der Waals surface area contributed by atoms with Crippen molar-refractivity contribution < 1.29 is 4.74 Å². The molecule has 1 aliphatic heterocycles. The Morgan fingerprint density at radius 2 is 1.24 bits per heavy atom. The molecule has 2 aromatic rings. The molecule has 3 rings (SSSR count). The molecule has 1 aliphatic rings. The molecule has 0 amide bonds. The van der Waals surface area contributed by atoms with Gasteiger partial charge in [0.05, 0.1) is 0 Å². The summed E-state index contributed by atoms with van der Waals surface area (Å²) >= 11 is 0. The number of allylic oxidation sites excluding steroid dienone is 1. The smallest absolute Gasteiger partial charge is 0.135 e. The van der Waals surface area contributed by atoms with Crippen LogP contribution in [0.25, 0.3) is 5.57 Å². The van der Waals surface area contributed by atoms with Crippen LogP contribution in [0.2, 0.25) is 0 Å². The van der Waals surface area contributed by atoms with E-state index in [1.807, 2.05) is 24.3 Å². The molecule has 0 bridgehead atoms. The van der Waals surface area contributed by atoms with Gasteiger partial charge in [0.2, 0.25) is 0 Å². The van der Waals surface area contributed by atoms with Crippen LogP contribution in [0.3, 0.4) is 0 Å². The molecule has 0 spiro atoms. The number of hydrogen-bond donors (Lipinski definition) is 0. The Morgan fingerprint density at radius 3 is 1.71 bits per heavy atom. The number of hydrogen-bond acceptors (Lipinski definition) is 1. The third-order valence-electron chi connectivity index (χ3n) is 3.03. The standard InChI is InChI=1S/C16H14O/c1-11(2)16-12-7-3-5-9-14(12)17-15-10-6-4-8-13(15)16/h3-10H,1-2H3. The monoisotopic (exact) mass is 222 g/mol. The SMILES string of the molecule is CC(C)=C1c2ccccc2Oc2ccccc21. The zero-order chi connectivity index (χ0) is 11.8. The van der Waals surface area contributed by atoms with Crippen LogP contribution in [-0.2, 0) is 0 Å². The maximum atomic E-state index is 5.92. The first-order chi connectivity index (χ1) is 8.27. The summed E-state index contributed by atoms with van der Waals surface area (Å²) in [5.74, 6) is 1.89. The first kappa shape index (κ1) is 10.2. The van der Waals surface area contributed by atoms with Crippen molar-refractivity contribution in [1.82, 2.24) is 0 Å². The second-order valence-corrected chi connectivity index (χ2v) is 4.47. The van der Waals surface area contributed by atoms with Crippen molar-refractivity contribution in [3.63, 3.8) is 0 Å². The van der Waals surface area contributed by atoms with Gasteiger partial charge in [0.25, 0.3) is 0 Å². The van der Waals surface area contributed by atoms with Crippen LogP contribution >= 0.6 is 0 Å². The molecule has 0 saturated heterocycles. The van der Waals surface area contributed by atoms with Gasteiger partial charge in [-0.05, 0) is 31.6 Å². The maximum Gasteiger partial charge on any atom is 0.135 e. The Morgan fingerprint density at radius 1 is 0.765 bits per heavy atom. The lowest BCUT2D eigenvalue weighted by atomic mass is 9.91. The summed E-state index contributed by atoms with van der Waals surface area (Å²) in [7, 11) is 0. The van der Waals surface area contributed by atoms with E-state index in [1.165, 1.54) is 22.3 Å². The molecule has 0 fully saturated rings. The first-order valence-corrected chi connectivity index (χ1v) is 5.81. The summed E-state index contributed by atoms with van der Waals surface area (Å²) in [5.41, 5.74) is 4.98. The quantitative estimate of drug-likeness (QED) is 0.538. The van der Waals surface area contributed by atoms with E-state index in [4.69, 9.17) is 4.74 Å². The highest BCUT2D eigenvalue weighted by Gasteiger charge is 2.21. The summed E-state index contributed by atoms with van der Waals surface area (Å²) < 4.78 is 5.92. The van der Waals surface area contributed by atoms with E-state index in [0.29, 0.717) is 0 Å². The average Bonchev–Trinajstić information content (AvgIpc) is 2.35. The summed E-state index contributed by atoms with van der Waals surface area (Å²) in [6.07, 6.45) is 0. The van der Waals surface area contributed by atoms with Gasteiger partial charge in [0.15, 0.2) is 0 Å². The molecular formula is C16H14O. The third kappa shape index (κ3) is 1.55. The highest BCUT2D eigenvalue weighted by atomic mass is 16.5. The van der Waals surface area contributed by atoms with Gasteiger partial charge in [0.1, 0.15) is 11.5 Å². The topological polar surface area (TPSA) is 9.23 Å². The summed E-state index contributed by atoms with van der Waals surface area (Å²) in [4.78, 5) is 0. The van der Waals surface area contributed by atoms with Gasteiger partial charge in [-0.3, -0.25) is 0 Å². The molecular weight excluding hydrogens is 208 g/mol. The lowest BCUT2D eigenvalue weighted by Gasteiger charge is -2.23. The summed E-state index contributed by atoms with van der Waals surface area (Å²) in [6.45, 7) is 4.29. The zero-order valence-electron chi connectivity index (χ0n) is 10.0. The van der Waals surface area contributed by atoms with Crippen LogP contribution in [0.1, 0.15) is 25.0 Å². The fourth-order valence-corrected chi connectivity index (χ4v) is 2.33. The maximum absolute atomic E-state index is 5.92. The molecule has 1 heterocycles. The number of para-hydroxylation sites is 2. The van der Waals surface area contributed by atoms with Crippen LogP contribution in [0, 0.1) is 0 Å². The molecule has 0 N–H and O–H groups in total. The first-order valence-electron chi connectivity index (χ1n) is 5.81. The van der Waals surface area contributed by atoms with Gasteiger partial charge in [-0.15, -0.1) is 0 Å². The molecule has 0 aromatic heterocycles. The molecule has 0 saturated carbocycles. The minimum absolute atomic E-state index is 0.947. The van der Waals surface area contributed by atoms with Gasteiger partial charge < -0.3 is 4.74 Å². The van der Waals surface area contributed by atoms with Gasteiger partial charge in [-0.25, -0.2) is 0 Å². The fraction of sp³-hybridized carbons (Fsp3) is 0.125. The minimum atomic E-state index is 0.947. The normalized spacial score (nSPS) is 12.5. The van der Waals surface area contributed by atoms with Crippen molar-refractivity contribution in [1.29, 1.82) is 0 Å². The van der Waals surface area contributed by atoms with Crippen LogP contribution in [0.15, 0.2) is 54.1 Å². The van der Waals surface area contributed by atoms with Crippen LogP contribution < -0.4 is 4.74 Å². The predicted octanol–water partition coefficient (Wildman–Crippen LogP) is 4.63. The van der Waals surface area contributed by atoms with E-state index in [9.17, 15) is 0 Å². The molecule has 1 nitrogen and oxygen atoms in total. The van der Waals surface area contributed by atoms with Crippen molar-refractivity contribution in [2.24, 2.45) is 0 Å². The Kier molecular flexibility index (Phi) is 2.25. The van der Waals surface area contributed by atoms with E-state index in [-0.39, 0.29) is 0 Å². The van der Waals surface area contributed by atoms with Crippen LogP contribution in [-0.4, -0.2) is 0 Å². The Labute approximate surface area is 101 Å². The molecule has 0 radical (unpaired) electrons. The average molecular weight is 222 g/mol. The van der Waals surface area contributed by atoms with Crippen molar-refractivity contribution in [2.75, 3.05) is 0 Å². The molecule has 1 heteroatoms. The summed E-state index contributed by atoms with van der Waals surface area (Å²) in [6, 6.07) is 16.4. The molecule has 2 aromatic carbocycles. The zero-order valence-corrected chi connectivity index (χ0v) is 10.0. The van der Waals surface area contributed by atoms with E-state index in [2.05, 4.69) is 38.1 Å². The van der Waals surface area contributed by atoms with Crippen molar-refractivity contribution in [2.45, 2.75) is 13.8 Å². The molecule has 0 aliphatic carbocycles. The molecule has 17 heavy (non-hydrogen) atoms. The van der Waals surface area contributed by atoms with E-state index < -0.39 is 0 Å². The van der Waals surface area contributed by atoms with Gasteiger partial charge in [0, 0.05) is 11.1 Å². The van der Waals surface area contributed by atoms with E-state index >= 15 is 0 Å². The molecule has 0 unspecified atom stereocenters. The lowest BCUT2D eigenvalue weighted by Crippen LogP contribution is -2.03. The second kappa shape index (κ2) is 3.77. The largest absolute Gasteiger partial charge is 0.456 e. The highest BCUT2D eigenvalue weighted by Crippen LogP contribution is 2.44. The van der Waals surface area contributed by atoms with Crippen molar-refractivity contribution in [3.05, 3.63) is 65.2 Å². The van der Waals surface area contributed by atoms with E-state index in [0.717, 1.165) is 11.5 Å². The molecule has 84 valence electrons. The molecule has 0 atom stereocenters. The highest BCUT2D eigenvalue weighted by molar-refractivity contribution is 5.89. The van der Waals surface area contributed by atoms with Gasteiger partial charge in [-0.2, -0.15) is 0 Å². The second-order valence-electron chi connectivity index (χ2n) is 4.47. The van der Waals surface area contributed by atoms with Crippen LogP contribution in [0.5, 0.6) is 11.5 Å².